The van der Waals surface area contributed by atoms with Gasteiger partial charge in [-0.1, -0.05) is 44.9 Å². The van der Waals surface area contributed by atoms with Crippen molar-refractivity contribution < 1.29 is 9.59 Å². The van der Waals surface area contributed by atoms with E-state index in [1.807, 2.05) is 19.9 Å². The van der Waals surface area contributed by atoms with Crippen LogP contribution in [0, 0.1) is 5.92 Å². The molecular formula is C17H30O2. The number of hydrogen-bond acceptors (Lipinski definition) is 2. The van der Waals surface area contributed by atoms with E-state index in [4.69, 9.17) is 0 Å². The van der Waals surface area contributed by atoms with E-state index < -0.39 is 0 Å². The molecule has 0 rings (SSSR count). The second-order valence-electron chi connectivity index (χ2n) is 4.98. The Morgan fingerprint density at radius 3 is 2.21 bits per heavy atom. The molecule has 0 heterocycles. The van der Waals surface area contributed by atoms with Crippen LogP contribution in [-0.2, 0) is 9.59 Å². The van der Waals surface area contributed by atoms with Crippen molar-refractivity contribution >= 4 is 12.1 Å². The van der Waals surface area contributed by atoms with E-state index in [1.54, 1.807) is 6.08 Å². The molecule has 0 fully saturated rings. The third-order valence-corrected chi connectivity index (χ3v) is 2.51. The Kier molecular flexibility index (Phi) is 15.8. The Bertz CT molecular complexity index is 284. The summed E-state index contributed by atoms with van der Waals surface area (Å²) in [6.07, 6.45) is 11.6. The van der Waals surface area contributed by atoms with Crippen molar-refractivity contribution in [2.45, 2.75) is 66.7 Å². The molecule has 1 unspecified atom stereocenters. The number of allylic oxidation sites excluding steroid dienone is 4. The lowest BCUT2D eigenvalue weighted by Crippen LogP contribution is -1.93. The summed E-state index contributed by atoms with van der Waals surface area (Å²) in [6, 6.07) is 0. The number of unbranched alkanes of at least 4 members (excludes halogenated alkanes) is 1. The SMILES string of the molecule is CC(C)=CCCC(C)C=O.CCCC=CC(=O)CC. The Balaban J connectivity index is 0. The fourth-order valence-electron chi connectivity index (χ4n) is 1.20. The van der Waals surface area contributed by atoms with Crippen molar-refractivity contribution in [1.29, 1.82) is 0 Å². The second kappa shape index (κ2) is 14.9. The van der Waals surface area contributed by atoms with Crippen LogP contribution in [0.1, 0.15) is 66.7 Å². The summed E-state index contributed by atoms with van der Waals surface area (Å²) in [5.74, 6) is 0.444. The number of aldehydes is 1. The summed E-state index contributed by atoms with van der Waals surface area (Å²) in [5, 5.41) is 0. The Morgan fingerprint density at radius 2 is 1.79 bits per heavy atom. The fourth-order valence-corrected chi connectivity index (χ4v) is 1.20. The summed E-state index contributed by atoms with van der Waals surface area (Å²) < 4.78 is 0. The van der Waals surface area contributed by atoms with Gasteiger partial charge in [-0.05, 0) is 39.2 Å². The first-order valence-corrected chi connectivity index (χ1v) is 7.25. The number of carbonyl (C=O) groups is 2. The second-order valence-corrected chi connectivity index (χ2v) is 4.98. The van der Waals surface area contributed by atoms with Crippen LogP contribution in [0.4, 0.5) is 0 Å². The molecular weight excluding hydrogens is 236 g/mol. The van der Waals surface area contributed by atoms with Crippen LogP contribution < -0.4 is 0 Å². The highest BCUT2D eigenvalue weighted by Crippen LogP contribution is 2.04. The van der Waals surface area contributed by atoms with Gasteiger partial charge in [0, 0.05) is 12.3 Å². The van der Waals surface area contributed by atoms with Crippen molar-refractivity contribution in [3.63, 3.8) is 0 Å². The van der Waals surface area contributed by atoms with Crippen LogP contribution in [0.15, 0.2) is 23.8 Å². The van der Waals surface area contributed by atoms with Crippen molar-refractivity contribution in [1.82, 2.24) is 0 Å². The van der Waals surface area contributed by atoms with Crippen molar-refractivity contribution in [3.8, 4) is 0 Å². The minimum absolute atomic E-state index is 0.218. The maximum Gasteiger partial charge on any atom is 0.155 e. The lowest BCUT2D eigenvalue weighted by atomic mass is 10.1. The maximum atomic E-state index is 10.6. The molecule has 0 saturated carbocycles. The zero-order chi connectivity index (χ0) is 15.1. The van der Waals surface area contributed by atoms with E-state index in [0.717, 1.165) is 32.0 Å². The third-order valence-electron chi connectivity index (χ3n) is 2.51. The van der Waals surface area contributed by atoms with E-state index in [0.29, 0.717) is 6.42 Å². The molecule has 0 aromatic carbocycles. The van der Waals surface area contributed by atoms with Gasteiger partial charge in [-0.3, -0.25) is 4.79 Å². The summed E-state index contributed by atoms with van der Waals surface area (Å²) >= 11 is 0. The molecule has 2 heteroatoms. The van der Waals surface area contributed by atoms with E-state index in [1.165, 1.54) is 5.57 Å². The number of ketones is 1. The Labute approximate surface area is 119 Å². The third kappa shape index (κ3) is 19.3. The normalized spacial score (nSPS) is 11.4. The highest BCUT2D eigenvalue weighted by molar-refractivity contribution is 5.89. The molecule has 0 aromatic rings. The van der Waals surface area contributed by atoms with E-state index in [-0.39, 0.29) is 11.7 Å². The molecule has 0 aliphatic carbocycles. The molecule has 0 aliphatic rings. The molecule has 0 saturated heterocycles. The molecule has 0 bridgehead atoms. The fraction of sp³-hybridized carbons (Fsp3) is 0.647. The van der Waals surface area contributed by atoms with Gasteiger partial charge in [-0.25, -0.2) is 0 Å². The van der Waals surface area contributed by atoms with Crippen molar-refractivity contribution in [2.75, 3.05) is 0 Å². The Morgan fingerprint density at radius 1 is 1.16 bits per heavy atom. The molecule has 110 valence electrons. The smallest absolute Gasteiger partial charge is 0.155 e. The lowest BCUT2D eigenvalue weighted by molar-refractivity contribution is -0.114. The molecule has 0 amide bonds. The lowest BCUT2D eigenvalue weighted by Gasteiger charge is -1.98. The minimum Gasteiger partial charge on any atom is -0.303 e. The molecule has 0 N–H and O–H groups in total. The average Bonchev–Trinajstić information content (AvgIpc) is 2.38. The number of hydrogen-bond donors (Lipinski definition) is 0. The standard InChI is InChI=1S/C9H16O.C8H14O/c1-8(2)5-4-6-9(3)7-10;1-3-5-6-7-8(9)4-2/h5,7,9H,4,6H2,1-3H3;6-7H,3-5H2,1-2H3. The topological polar surface area (TPSA) is 34.1 Å². The van der Waals surface area contributed by atoms with Gasteiger partial charge in [0.2, 0.25) is 0 Å². The predicted molar refractivity (Wildman–Crippen MR) is 83.2 cm³/mol. The van der Waals surface area contributed by atoms with Crippen LogP contribution in [0.5, 0.6) is 0 Å². The van der Waals surface area contributed by atoms with Crippen molar-refractivity contribution in [3.05, 3.63) is 23.8 Å². The molecule has 2 nitrogen and oxygen atoms in total. The molecule has 0 aromatic heterocycles. The minimum atomic E-state index is 0.218. The maximum absolute atomic E-state index is 10.6. The van der Waals surface area contributed by atoms with Gasteiger partial charge in [0.1, 0.15) is 6.29 Å². The number of carbonyl (C=O) groups excluding carboxylic acids is 2. The first-order valence-electron chi connectivity index (χ1n) is 7.25. The first kappa shape index (κ1) is 20.1. The van der Waals surface area contributed by atoms with Crippen LogP contribution in [0.2, 0.25) is 0 Å². The summed E-state index contributed by atoms with van der Waals surface area (Å²) in [7, 11) is 0. The highest BCUT2D eigenvalue weighted by atomic mass is 16.1. The number of rotatable bonds is 8. The zero-order valence-electron chi connectivity index (χ0n) is 13.2. The van der Waals surface area contributed by atoms with Crippen LogP contribution in [0.3, 0.4) is 0 Å². The van der Waals surface area contributed by atoms with Gasteiger partial charge in [-0.2, -0.15) is 0 Å². The van der Waals surface area contributed by atoms with Gasteiger partial charge < -0.3 is 4.79 Å². The largest absolute Gasteiger partial charge is 0.303 e. The van der Waals surface area contributed by atoms with Crippen LogP contribution >= 0.6 is 0 Å². The Hall–Kier alpha value is -1.18. The van der Waals surface area contributed by atoms with Crippen LogP contribution in [0.25, 0.3) is 0 Å². The van der Waals surface area contributed by atoms with Crippen LogP contribution in [-0.4, -0.2) is 12.1 Å². The van der Waals surface area contributed by atoms with Gasteiger partial charge in [0.05, 0.1) is 0 Å². The first-order chi connectivity index (χ1) is 8.97. The molecule has 1 atom stereocenters. The monoisotopic (exact) mass is 266 g/mol. The van der Waals surface area contributed by atoms with Gasteiger partial charge in [-0.15, -0.1) is 0 Å². The predicted octanol–water partition coefficient (Wildman–Crippen LogP) is 4.89. The van der Waals surface area contributed by atoms with E-state index in [9.17, 15) is 9.59 Å². The van der Waals surface area contributed by atoms with E-state index in [2.05, 4.69) is 26.8 Å². The molecule has 19 heavy (non-hydrogen) atoms. The summed E-state index contributed by atoms with van der Waals surface area (Å²) in [4.78, 5) is 20.8. The molecule has 0 spiro atoms. The van der Waals surface area contributed by atoms with Gasteiger partial charge in [0.25, 0.3) is 0 Å². The highest BCUT2D eigenvalue weighted by Gasteiger charge is 1.95. The van der Waals surface area contributed by atoms with E-state index >= 15 is 0 Å². The average molecular weight is 266 g/mol. The zero-order valence-corrected chi connectivity index (χ0v) is 13.2. The van der Waals surface area contributed by atoms with Crippen molar-refractivity contribution in [2.24, 2.45) is 5.92 Å². The van der Waals surface area contributed by atoms with Gasteiger partial charge in [0.15, 0.2) is 5.78 Å². The molecule has 0 aliphatic heterocycles. The summed E-state index contributed by atoms with van der Waals surface area (Å²) in [5.41, 5.74) is 1.33. The molecule has 0 radical (unpaired) electrons. The van der Waals surface area contributed by atoms with Gasteiger partial charge >= 0.3 is 0 Å². The quantitative estimate of drug-likeness (QED) is 0.356. The summed E-state index contributed by atoms with van der Waals surface area (Å²) in [6.45, 7) is 10.1.